The molecule has 7 nitrogen and oxygen atoms in total. The van der Waals surface area contributed by atoms with Crippen molar-refractivity contribution < 1.29 is 23.9 Å². The Bertz CT molecular complexity index is 951. The number of aliphatic imine (C=N–C) groups is 1. The van der Waals surface area contributed by atoms with Crippen LogP contribution in [0.1, 0.15) is 64.4 Å². The van der Waals surface area contributed by atoms with Gasteiger partial charge in [0.25, 0.3) is 0 Å². The third kappa shape index (κ3) is 7.47. The lowest BCUT2D eigenvalue weighted by atomic mass is 9.90. The molecule has 1 amide bonds. The second-order valence-electron chi connectivity index (χ2n) is 9.56. The zero-order valence-electron chi connectivity index (χ0n) is 20.0. The van der Waals surface area contributed by atoms with Gasteiger partial charge in [0.15, 0.2) is 5.78 Å². The van der Waals surface area contributed by atoms with Crippen LogP contribution in [0.15, 0.2) is 47.6 Å². The van der Waals surface area contributed by atoms with E-state index in [2.05, 4.69) is 10.3 Å². The smallest absolute Gasteiger partial charge is 0.306 e. The number of allylic oxidation sites excluding steroid dienone is 1. The van der Waals surface area contributed by atoms with Gasteiger partial charge in [-0.15, -0.1) is 0 Å². The fourth-order valence-electron chi connectivity index (χ4n) is 4.52. The van der Waals surface area contributed by atoms with Crippen LogP contribution in [-0.4, -0.2) is 35.2 Å². The van der Waals surface area contributed by atoms with Gasteiger partial charge in [0.2, 0.25) is 5.91 Å². The van der Waals surface area contributed by atoms with Crippen LogP contribution in [0.5, 0.6) is 0 Å². The molecule has 1 aromatic carbocycles. The van der Waals surface area contributed by atoms with Gasteiger partial charge < -0.3 is 10.1 Å². The Labute approximate surface area is 201 Å². The second-order valence-corrected chi connectivity index (χ2v) is 9.56. The molecule has 0 spiro atoms. The van der Waals surface area contributed by atoms with Crippen LogP contribution in [0.25, 0.3) is 0 Å². The summed E-state index contributed by atoms with van der Waals surface area (Å²) >= 11 is 0. The summed E-state index contributed by atoms with van der Waals surface area (Å²) in [5.41, 5.74) is 1.26. The van der Waals surface area contributed by atoms with Crippen molar-refractivity contribution in [1.29, 1.82) is 0 Å². The summed E-state index contributed by atoms with van der Waals surface area (Å²) in [5, 5.41) is 2.87. The number of carbonyl (C=O) groups excluding carboxylic acids is 4. The molecule has 182 valence electrons. The number of benzene rings is 1. The van der Waals surface area contributed by atoms with Crippen molar-refractivity contribution in [3.8, 4) is 0 Å². The third-order valence-corrected chi connectivity index (χ3v) is 6.30. The van der Waals surface area contributed by atoms with Crippen LogP contribution in [0.3, 0.4) is 0 Å². The van der Waals surface area contributed by atoms with Crippen LogP contribution in [0.4, 0.5) is 0 Å². The molecule has 1 N–H and O–H groups in total. The molecule has 1 heterocycles. The highest BCUT2D eigenvalue weighted by atomic mass is 16.5. The van der Waals surface area contributed by atoms with E-state index in [9.17, 15) is 19.2 Å². The number of esters is 1. The standard InChI is InChI=1S/C27H34N2O5/c1-18(2)14-21(16-25(31)34-17-19-8-4-3-5-9-19)27(33)29-23(15-20-10-6-12-24(20)30)26(32)22-11-7-13-28-22/h3-5,7-9,13,18,20-21,23H,6,10-12,14-17H2,1-2H3,(H,29,33)/t20?,21-,23+/m1/s1. The van der Waals surface area contributed by atoms with Crippen molar-refractivity contribution in [3.63, 3.8) is 0 Å². The Hall–Kier alpha value is -3.09. The average molecular weight is 467 g/mol. The summed E-state index contributed by atoms with van der Waals surface area (Å²) in [6, 6.07) is 8.54. The number of nitrogens with zero attached hydrogens (tertiary/aromatic N) is 1. The number of ether oxygens (including phenoxy) is 1. The van der Waals surface area contributed by atoms with E-state index >= 15 is 0 Å². The maximum absolute atomic E-state index is 13.3. The molecule has 1 aromatic rings. The summed E-state index contributed by atoms with van der Waals surface area (Å²) in [5.74, 6) is -1.62. The maximum atomic E-state index is 13.3. The molecular formula is C27H34N2O5. The number of Topliss-reactive ketones (excluding diaryl/α,β-unsaturated/α-hetero) is 2. The number of carbonyl (C=O) groups is 4. The molecule has 0 radical (unpaired) electrons. The Morgan fingerprint density at radius 3 is 2.56 bits per heavy atom. The number of nitrogens with one attached hydrogen (secondary N) is 1. The molecule has 1 aliphatic heterocycles. The molecule has 1 saturated carbocycles. The fourth-order valence-corrected chi connectivity index (χ4v) is 4.52. The van der Waals surface area contributed by atoms with Gasteiger partial charge in [0.05, 0.1) is 18.2 Å². The minimum absolute atomic E-state index is 0.0668. The third-order valence-electron chi connectivity index (χ3n) is 6.30. The van der Waals surface area contributed by atoms with Crippen molar-refractivity contribution in [3.05, 3.63) is 48.2 Å². The monoisotopic (exact) mass is 466 g/mol. The summed E-state index contributed by atoms with van der Waals surface area (Å²) in [7, 11) is 0. The topological polar surface area (TPSA) is 102 Å². The van der Waals surface area contributed by atoms with Crippen LogP contribution in [0.2, 0.25) is 0 Å². The largest absolute Gasteiger partial charge is 0.461 e. The van der Waals surface area contributed by atoms with Gasteiger partial charge in [-0.05, 0) is 37.2 Å². The van der Waals surface area contributed by atoms with Crippen molar-refractivity contribution in [1.82, 2.24) is 5.32 Å². The highest BCUT2D eigenvalue weighted by Gasteiger charge is 2.35. The Morgan fingerprint density at radius 1 is 1.18 bits per heavy atom. The van der Waals surface area contributed by atoms with Crippen molar-refractivity contribution in [2.45, 2.75) is 71.4 Å². The fraction of sp³-hybridized carbons (Fsp3) is 0.519. The molecule has 1 unspecified atom stereocenters. The Morgan fingerprint density at radius 2 is 1.94 bits per heavy atom. The molecule has 0 bridgehead atoms. The lowest BCUT2D eigenvalue weighted by Crippen LogP contribution is -2.47. The van der Waals surface area contributed by atoms with Crippen LogP contribution < -0.4 is 5.32 Å². The van der Waals surface area contributed by atoms with Crippen LogP contribution in [-0.2, 0) is 30.5 Å². The Kier molecular flexibility index (Phi) is 9.31. The first-order valence-corrected chi connectivity index (χ1v) is 12.1. The number of ketones is 2. The van der Waals surface area contributed by atoms with Crippen LogP contribution >= 0.6 is 0 Å². The zero-order valence-corrected chi connectivity index (χ0v) is 20.0. The van der Waals surface area contributed by atoms with Crippen molar-refractivity contribution in [2.75, 3.05) is 0 Å². The molecule has 7 heteroatoms. The number of amides is 1. The van der Waals surface area contributed by atoms with E-state index in [1.54, 1.807) is 12.3 Å². The van der Waals surface area contributed by atoms with E-state index in [0.717, 1.165) is 18.4 Å². The first kappa shape index (κ1) is 25.5. The minimum Gasteiger partial charge on any atom is -0.461 e. The lowest BCUT2D eigenvalue weighted by Gasteiger charge is -2.24. The minimum atomic E-state index is -0.826. The SMILES string of the molecule is CC(C)C[C@H](CC(=O)OCc1ccccc1)C(=O)N[C@@H](CC1CCCC1=O)C(=O)C1=NC=CC1. The van der Waals surface area contributed by atoms with Crippen LogP contribution in [0, 0.1) is 17.8 Å². The predicted octanol–water partition coefficient (Wildman–Crippen LogP) is 3.95. The highest BCUT2D eigenvalue weighted by Crippen LogP contribution is 2.27. The van der Waals surface area contributed by atoms with E-state index in [4.69, 9.17) is 4.74 Å². The molecule has 3 rings (SSSR count). The van der Waals surface area contributed by atoms with Gasteiger partial charge in [0.1, 0.15) is 12.4 Å². The predicted molar refractivity (Wildman–Crippen MR) is 129 cm³/mol. The summed E-state index contributed by atoms with van der Waals surface area (Å²) < 4.78 is 5.39. The van der Waals surface area contributed by atoms with Crippen molar-refractivity contribution in [2.24, 2.45) is 22.7 Å². The van der Waals surface area contributed by atoms with E-state index in [1.165, 1.54) is 0 Å². The average Bonchev–Trinajstić information content (AvgIpc) is 3.49. The lowest BCUT2D eigenvalue weighted by molar-refractivity contribution is -0.148. The molecule has 1 fully saturated rings. The van der Waals surface area contributed by atoms with Gasteiger partial charge in [0, 0.05) is 30.9 Å². The van der Waals surface area contributed by atoms with E-state index in [0.29, 0.717) is 25.0 Å². The first-order chi connectivity index (χ1) is 16.3. The van der Waals surface area contributed by atoms with E-state index in [-0.39, 0.29) is 48.8 Å². The molecule has 3 atom stereocenters. The Balaban J connectivity index is 1.66. The maximum Gasteiger partial charge on any atom is 0.306 e. The summed E-state index contributed by atoms with van der Waals surface area (Å²) in [4.78, 5) is 55.3. The molecule has 1 aliphatic carbocycles. The summed E-state index contributed by atoms with van der Waals surface area (Å²) in [6.45, 7) is 4.11. The van der Waals surface area contributed by atoms with E-state index in [1.807, 2.05) is 44.2 Å². The van der Waals surface area contributed by atoms with Gasteiger partial charge >= 0.3 is 5.97 Å². The molecule has 34 heavy (non-hydrogen) atoms. The zero-order chi connectivity index (χ0) is 24.5. The normalized spacial score (nSPS) is 19.1. The van der Waals surface area contributed by atoms with E-state index < -0.39 is 17.9 Å². The summed E-state index contributed by atoms with van der Waals surface area (Å²) in [6.07, 6.45) is 6.54. The quantitative estimate of drug-likeness (QED) is 0.470. The number of hydrogen-bond acceptors (Lipinski definition) is 6. The van der Waals surface area contributed by atoms with Gasteiger partial charge in [-0.25, -0.2) is 0 Å². The highest BCUT2D eigenvalue weighted by molar-refractivity contribution is 6.42. The molecule has 2 aliphatic rings. The first-order valence-electron chi connectivity index (χ1n) is 12.1. The van der Waals surface area contributed by atoms with Gasteiger partial charge in [-0.1, -0.05) is 50.3 Å². The molecular weight excluding hydrogens is 432 g/mol. The molecule has 0 saturated heterocycles. The van der Waals surface area contributed by atoms with Gasteiger partial charge in [-0.3, -0.25) is 24.2 Å². The number of rotatable bonds is 12. The second kappa shape index (κ2) is 12.4. The molecule has 0 aromatic heterocycles. The van der Waals surface area contributed by atoms with Crippen molar-refractivity contribution >= 4 is 29.2 Å². The number of hydrogen-bond donors (Lipinski definition) is 1. The van der Waals surface area contributed by atoms with Gasteiger partial charge in [-0.2, -0.15) is 0 Å².